The highest BCUT2D eigenvalue weighted by Crippen LogP contribution is 2.02. The number of phenolic OH excluding ortho intramolecular Hbond substituents is 1. The maximum atomic E-state index is 8.63. The predicted molar refractivity (Wildman–Crippen MR) is 53.3 cm³/mol. The smallest absolute Gasteiger partial charge is 0.115 e. The lowest BCUT2D eigenvalue weighted by atomic mass is 10.3. The average molecular weight is 184 g/mol. The Morgan fingerprint density at radius 3 is 1.62 bits per heavy atom. The molecule has 74 valence electrons. The van der Waals surface area contributed by atoms with Crippen molar-refractivity contribution in [2.24, 2.45) is 11.5 Å². The number of carbonyl (C=O) groups is 1. The lowest BCUT2D eigenvalue weighted by molar-refractivity contribution is -0.0979. The van der Waals surface area contributed by atoms with Crippen LogP contribution in [0.15, 0.2) is 30.3 Å². The fourth-order valence-electron chi connectivity index (χ4n) is 0.428. The molecule has 0 aromatic heterocycles. The quantitative estimate of drug-likeness (QED) is 0.578. The largest absolute Gasteiger partial charge is 0.508 e. The van der Waals surface area contributed by atoms with Gasteiger partial charge < -0.3 is 21.4 Å². The zero-order valence-corrected chi connectivity index (χ0v) is 7.52. The first-order valence-electron chi connectivity index (χ1n) is 3.74. The van der Waals surface area contributed by atoms with Gasteiger partial charge in [-0.25, -0.2) is 0 Å². The number of rotatable bonds is 1. The van der Waals surface area contributed by atoms with Crippen LogP contribution in [-0.2, 0) is 4.79 Å². The van der Waals surface area contributed by atoms with E-state index in [-0.39, 0.29) is 0 Å². The normalized spacial score (nSPS) is 7.23. The topological polar surface area (TPSA) is 89.3 Å². The maximum absolute atomic E-state index is 8.63. The van der Waals surface area contributed by atoms with Crippen LogP contribution in [0.2, 0.25) is 0 Å². The number of hydrogen-bond acceptors (Lipinski definition) is 4. The van der Waals surface area contributed by atoms with Crippen LogP contribution >= 0.6 is 0 Å². The molecule has 0 saturated carbocycles. The highest BCUT2D eigenvalue weighted by atomic mass is 16.3. The summed E-state index contributed by atoms with van der Waals surface area (Å²) in [5.74, 6) is 0.322. The van der Waals surface area contributed by atoms with Gasteiger partial charge in [0.1, 0.15) is 12.5 Å². The molecule has 0 saturated heterocycles. The summed E-state index contributed by atoms with van der Waals surface area (Å²) >= 11 is 0. The Morgan fingerprint density at radius 1 is 1.08 bits per heavy atom. The van der Waals surface area contributed by atoms with Crippen molar-refractivity contribution in [1.82, 2.24) is 0 Å². The van der Waals surface area contributed by atoms with E-state index in [1.807, 2.05) is 12.9 Å². The molecular formula is C9H16N2O2. The molecule has 0 atom stereocenters. The van der Waals surface area contributed by atoms with Gasteiger partial charge in [0.05, 0.1) is 0 Å². The number of aromatic hydroxyl groups is 1. The van der Waals surface area contributed by atoms with Crippen LogP contribution in [0.5, 0.6) is 5.75 Å². The van der Waals surface area contributed by atoms with Crippen LogP contribution in [-0.4, -0.2) is 25.0 Å². The Balaban J connectivity index is 0. The van der Waals surface area contributed by atoms with Gasteiger partial charge in [-0.05, 0) is 12.1 Å². The molecule has 1 aromatic rings. The van der Waals surface area contributed by atoms with Crippen LogP contribution in [0, 0.1) is 0 Å². The van der Waals surface area contributed by atoms with Gasteiger partial charge in [0.15, 0.2) is 0 Å². The van der Waals surface area contributed by atoms with Crippen LogP contribution < -0.4 is 11.5 Å². The number of nitrogens with two attached hydrogens (primary N) is 2. The van der Waals surface area contributed by atoms with Gasteiger partial charge in [-0.15, -0.1) is 0 Å². The van der Waals surface area contributed by atoms with Gasteiger partial charge in [-0.3, -0.25) is 0 Å². The van der Waals surface area contributed by atoms with Crippen molar-refractivity contribution in [3.05, 3.63) is 30.3 Å². The van der Waals surface area contributed by atoms with E-state index >= 15 is 0 Å². The number of carbonyl (C=O) groups excluding carboxylic acids is 1. The second-order valence-electron chi connectivity index (χ2n) is 1.91. The van der Waals surface area contributed by atoms with E-state index in [4.69, 9.17) is 21.4 Å². The first-order valence-corrected chi connectivity index (χ1v) is 3.74. The van der Waals surface area contributed by atoms with E-state index in [9.17, 15) is 0 Å². The van der Waals surface area contributed by atoms with Crippen molar-refractivity contribution in [1.29, 1.82) is 0 Å². The molecule has 0 radical (unpaired) electrons. The van der Waals surface area contributed by atoms with Crippen molar-refractivity contribution in [3.63, 3.8) is 0 Å². The molecule has 5 N–H and O–H groups in total. The van der Waals surface area contributed by atoms with Gasteiger partial charge >= 0.3 is 0 Å². The molecule has 4 heteroatoms. The van der Waals surface area contributed by atoms with Gasteiger partial charge in [0, 0.05) is 13.1 Å². The Labute approximate surface area is 78.2 Å². The molecule has 0 fully saturated rings. The highest BCUT2D eigenvalue weighted by Gasteiger charge is 1.74. The summed E-state index contributed by atoms with van der Waals surface area (Å²) in [6.45, 7) is 3.19. The maximum Gasteiger partial charge on any atom is 0.115 e. The van der Waals surface area contributed by atoms with Crippen LogP contribution in [0.25, 0.3) is 0 Å². The number of benzene rings is 1. The minimum atomic E-state index is 0.322. The fourth-order valence-corrected chi connectivity index (χ4v) is 0.428. The van der Waals surface area contributed by atoms with Crippen molar-refractivity contribution in [2.45, 2.75) is 0 Å². The first-order chi connectivity index (χ1) is 6.31. The summed E-state index contributed by atoms with van der Waals surface area (Å²) in [6.07, 6.45) is 0. The van der Waals surface area contributed by atoms with E-state index in [1.165, 1.54) is 0 Å². The SMILES string of the molecule is C=O.NCCN.Oc1ccccc1. The van der Waals surface area contributed by atoms with Gasteiger partial charge in [-0.2, -0.15) is 0 Å². The highest BCUT2D eigenvalue weighted by molar-refractivity contribution is 5.18. The molecule has 0 bridgehead atoms. The number of phenols is 1. The Kier molecular flexibility index (Phi) is 14.4. The molecule has 0 aliphatic heterocycles. The minimum absolute atomic E-state index is 0.322. The summed E-state index contributed by atoms with van der Waals surface area (Å²) in [5, 5.41) is 8.63. The summed E-state index contributed by atoms with van der Waals surface area (Å²) in [7, 11) is 0. The van der Waals surface area contributed by atoms with Crippen molar-refractivity contribution >= 4 is 6.79 Å². The Hall–Kier alpha value is -1.39. The Bertz CT molecular complexity index is 178. The molecule has 0 heterocycles. The fraction of sp³-hybridized carbons (Fsp3) is 0.222. The average Bonchev–Trinajstić information content (AvgIpc) is 2.22. The lowest BCUT2D eigenvalue weighted by Gasteiger charge is -1.82. The molecule has 0 aliphatic rings. The number of para-hydroxylation sites is 1. The van der Waals surface area contributed by atoms with E-state index in [0.717, 1.165) is 0 Å². The summed E-state index contributed by atoms with van der Waals surface area (Å²) < 4.78 is 0. The van der Waals surface area contributed by atoms with E-state index in [0.29, 0.717) is 18.8 Å². The van der Waals surface area contributed by atoms with Crippen LogP contribution in [0.1, 0.15) is 0 Å². The molecule has 1 aromatic carbocycles. The zero-order chi connectivity index (χ0) is 10.5. The van der Waals surface area contributed by atoms with Crippen molar-refractivity contribution in [3.8, 4) is 5.75 Å². The number of hydrogen-bond donors (Lipinski definition) is 3. The summed E-state index contributed by atoms with van der Waals surface area (Å²) in [5.41, 5.74) is 9.81. The van der Waals surface area contributed by atoms with Crippen molar-refractivity contribution < 1.29 is 9.90 Å². The van der Waals surface area contributed by atoms with Gasteiger partial charge in [0.25, 0.3) is 0 Å². The monoisotopic (exact) mass is 184 g/mol. The molecule has 0 amide bonds. The van der Waals surface area contributed by atoms with Crippen LogP contribution in [0.3, 0.4) is 0 Å². The third-order valence-corrected chi connectivity index (χ3v) is 0.923. The predicted octanol–water partition coefficient (Wildman–Crippen LogP) is 0.111. The molecule has 4 nitrogen and oxygen atoms in total. The molecule has 1 rings (SSSR count). The standard InChI is InChI=1S/C6H6O.C2H8N2.CH2O/c7-6-4-2-1-3-5-6;3-1-2-4;1-2/h1-5,7H;1-4H2;1H2. The van der Waals surface area contributed by atoms with E-state index in [1.54, 1.807) is 24.3 Å². The van der Waals surface area contributed by atoms with Crippen molar-refractivity contribution in [2.75, 3.05) is 13.1 Å². The second-order valence-corrected chi connectivity index (χ2v) is 1.91. The van der Waals surface area contributed by atoms with Gasteiger partial charge in [-0.1, -0.05) is 18.2 Å². The zero-order valence-electron chi connectivity index (χ0n) is 7.52. The molecule has 0 unspecified atom stereocenters. The lowest BCUT2D eigenvalue weighted by Crippen LogP contribution is -2.11. The molecule has 0 spiro atoms. The third-order valence-electron chi connectivity index (χ3n) is 0.923. The summed E-state index contributed by atoms with van der Waals surface area (Å²) in [6, 6.07) is 8.71. The van der Waals surface area contributed by atoms with E-state index in [2.05, 4.69) is 0 Å². The second kappa shape index (κ2) is 13.2. The minimum Gasteiger partial charge on any atom is -0.508 e. The third kappa shape index (κ3) is 13.6. The molecule has 0 aliphatic carbocycles. The van der Waals surface area contributed by atoms with Gasteiger partial charge in [0.2, 0.25) is 0 Å². The summed E-state index contributed by atoms with van der Waals surface area (Å²) in [4.78, 5) is 8.00. The van der Waals surface area contributed by atoms with E-state index < -0.39 is 0 Å². The van der Waals surface area contributed by atoms with Crippen LogP contribution in [0.4, 0.5) is 0 Å². The molecular weight excluding hydrogens is 168 g/mol. The Morgan fingerprint density at radius 2 is 1.46 bits per heavy atom. The molecule has 13 heavy (non-hydrogen) atoms. The first kappa shape index (κ1) is 14.2.